The summed E-state index contributed by atoms with van der Waals surface area (Å²) >= 11 is 0. The second-order valence-electron chi connectivity index (χ2n) is 5.08. The van der Waals surface area contributed by atoms with Crippen molar-refractivity contribution in [2.45, 2.75) is 45.9 Å². The zero-order chi connectivity index (χ0) is 15.8. The summed E-state index contributed by atoms with van der Waals surface area (Å²) in [6.45, 7) is 2.58. The molecule has 0 fully saturated rings. The number of aliphatic carboxylic acids is 1. The normalized spacial score (nSPS) is 11.4. The van der Waals surface area contributed by atoms with Gasteiger partial charge in [0.2, 0.25) is 0 Å². The third kappa shape index (κ3) is 7.04. The van der Waals surface area contributed by atoms with Crippen LogP contribution >= 0.6 is 0 Å². The van der Waals surface area contributed by atoms with Crippen LogP contribution in [0.15, 0.2) is 24.3 Å². The fraction of sp³-hybridized carbons (Fsp3) is 0.533. The number of rotatable bonds is 9. The minimum Gasteiger partial charge on any atom is -0.481 e. The van der Waals surface area contributed by atoms with Gasteiger partial charge in [0, 0.05) is 19.0 Å². The van der Waals surface area contributed by atoms with Crippen molar-refractivity contribution in [2.75, 3.05) is 6.54 Å². The Morgan fingerprint density at radius 2 is 1.90 bits per heavy atom. The zero-order valence-electron chi connectivity index (χ0n) is 12.3. The molecule has 4 nitrogen and oxygen atoms in total. The molecule has 0 saturated carbocycles. The van der Waals surface area contributed by atoms with E-state index in [4.69, 9.17) is 5.11 Å². The number of ether oxygens (including phenoxy) is 1. The van der Waals surface area contributed by atoms with Gasteiger partial charge < -0.3 is 9.84 Å². The molecule has 0 amide bonds. The predicted molar refractivity (Wildman–Crippen MR) is 75.5 cm³/mol. The molecule has 0 saturated heterocycles. The smallest absolute Gasteiger partial charge is 0.387 e. The Kier molecular flexibility index (Phi) is 7.08. The Balaban J connectivity index is 2.56. The van der Waals surface area contributed by atoms with Gasteiger partial charge in [-0.3, -0.25) is 9.69 Å². The standard InChI is InChI=1S/C15H21F2NO3/c1-11(2)18(9-3-4-14(19)20)10-12-5-7-13(8-6-12)21-15(16)17/h5-8,11,15H,3-4,9-10H2,1-2H3,(H,19,20). The number of carboxylic acid groups (broad SMARTS) is 1. The summed E-state index contributed by atoms with van der Waals surface area (Å²) in [6.07, 6.45) is 0.727. The molecule has 0 aromatic heterocycles. The third-order valence-corrected chi connectivity index (χ3v) is 3.10. The van der Waals surface area contributed by atoms with Crippen LogP contribution in [-0.2, 0) is 11.3 Å². The number of hydrogen-bond donors (Lipinski definition) is 1. The minimum absolute atomic E-state index is 0.135. The second kappa shape index (κ2) is 8.56. The molecule has 1 N–H and O–H groups in total. The number of hydrogen-bond acceptors (Lipinski definition) is 3. The third-order valence-electron chi connectivity index (χ3n) is 3.10. The number of halogens is 2. The van der Waals surface area contributed by atoms with Crippen LogP contribution in [0.5, 0.6) is 5.75 Å². The number of alkyl halides is 2. The van der Waals surface area contributed by atoms with Gasteiger partial charge in [-0.05, 0) is 44.5 Å². The van der Waals surface area contributed by atoms with Gasteiger partial charge in [0.15, 0.2) is 0 Å². The Morgan fingerprint density at radius 3 is 2.38 bits per heavy atom. The first-order chi connectivity index (χ1) is 9.88. The minimum atomic E-state index is -2.82. The molecule has 0 aliphatic carbocycles. The number of benzene rings is 1. The van der Waals surface area contributed by atoms with E-state index < -0.39 is 12.6 Å². The molecular formula is C15H21F2NO3. The lowest BCUT2D eigenvalue weighted by atomic mass is 10.1. The van der Waals surface area contributed by atoms with Gasteiger partial charge in [-0.2, -0.15) is 8.78 Å². The van der Waals surface area contributed by atoms with E-state index in [1.54, 1.807) is 12.1 Å². The van der Waals surface area contributed by atoms with E-state index in [0.717, 1.165) is 5.56 Å². The van der Waals surface area contributed by atoms with Crippen LogP contribution in [0.3, 0.4) is 0 Å². The maximum atomic E-state index is 12.1. The largest absolute Gasteiger partial charge is 0.481 e. The summed E-state index contributed by atoms with van der Waals surface area (Å²) in [5, 5.41) is 8.66. The van der Waals surface area contributed by atoms with Crippen molar-refractivity contribution in [3.63, 3.8) is 0 Å². The van der Waals surface area contributed by atoms with E-state index in [1.165, 1.54) is 12.1 Å². The molecular weight excluding hydrogens is 280 g/mol. The lowest BCUT2D eigenvalue weighted by Crippen LogP contribution is -2.31. The first-order valence-corrected chi connectivity index (χ1v) is 6.88. The topological polar surface area (TPSA) is 49.8 Å². The van der Waals surface area contributed by atoms with Gasteiger partial charge in [-0.25, -0.2) is 0 Å². The first kappa shape index (κ1) is 17.4. The van der Waals surface area contributed by atoms with Gasteiger partial charge in [-0.15, -0.1) is 0 Å². The number of carboxylic acids is 1. The molecule has 6 heteroatoms. The van der Waals surface area contributed by atoms with E-state index in [9.17, 15) is 13.6 Å². The molecule has 0 radical (unpaired) electrons. The highest BCUT2D eigenvalue weighted by Gasteiger charge is 2.11. The van der Waals surface area contributed by atoms with Crippen LogP contribution in [0, 0.1) is 0 Å². The van der Waals surface area contributed by atoms with Gasteiger partial charge in [0.25, 0.3) is 0 Å². The van der Waals surface area contributed by atoms with Crippen molar-refractivity contribution in [3.05, 3.63) is 29.8 Å². The molecule has 0 bridgehead atoms. The van der Waals surface area contributed by atoms with Crippen LogP contribution in [0.1, 0.15) is 32.3 Å². The fourth-order valence-corrected chi connectivity index (χ4v) is 1.96. The van der Waals surface area contributed by atoms with Crippen molar-refractivity contribution in [3.8, 4) is 5.75 Å². The van der Waals surface area contributed by atoms with Crippen LogP contribution in [0.25, 0.3) is 0 Å². The van der Waals surface area contributed by atoms with Crippen LogP contribution < -0.4 is 4.74 Å². The fourth-order valence-electron chi connectivity index (χ4n) is 1.96. The van der Waals surface area contributed by atoms with Gasteiger partial charge in [-0.1, -0.05) is 12.1 Å². The van der Waals surface area contributed by atoms with Crippen molar-refractivity contribution < 1.29 is 23.4 Å². The van der Waals surface area contributed by atoms with Gasteiger partial charge >= 0.3 is 12.6 Å². The van der Waals surface area contributed by atoms with Gasteiger partial charge in [0.1, 0.15) is 5.75 Å². The lowest BCUT2D eigenvalue weighted by Gasteiger charge is -2.26. The molecule has 0 aliphatic rings. The van der Waals surface area contributed by atoms with Crippen molar-refractivity contribution in [2.24, 2.45) is 0 Å². The number of carbonyl (C=O) groups is 1. The lowest BCUT2D eigenvalue weighted by molar-refractivity contribution is -0.137. The Bertz CT molecular complexity index is 435. The highest BCUT2D eigenvalue weighted by molar-refractivity contribution is 5.66. The van der Waals surface area contributed by atoms with E-state index in [0.29, 0.717) is 19.5 Å². The van der Waals surface area contributed by atoms with Crippen molar-refractivity contribution in [1.82, 2.24) is 4.90 Å². The second-order valence-corrected chi connectivity index (χ2v) is 5.08. The SMILES string of the molecule is CC(C)N(CCCC(=O)O)Cc1ccc(OC(F)F)cc1. The Morgan fingerprint density at radius 1 is 1.29 bits per heavy atom. The summed E-state index contributed by atoms with van der Waals surface area (Å²) in [7, 11) is 0. The summed E-state index contributed by atoms with van der Waals surface area (Å²) < 4.78 is 28.4. The molecule has 0 unspecified atom stereocenters. The molecule has 1 aromatic carbocycles. The summed E-state index contributed by atoms with van der Waals surface area (Å²) in [4.78, 5) is 12.7. The molecule has 0 heterocycles. The quantitative estimate of drug-likeness (QED) is 0.760. The van der Waals surface area contributed by atoms with E-state index in [2.05, 4.69) is 9.64 Å². The van der Waals surface area contributed by atoms with Gasteiger partial charge in [0.05, 0.1) is 0 Å². The summed E-state index contributed by atoms with van der Waals surface area (Å²) in [5.41, 5.74) is 0.973. The summed E-state index contributed by atoms with van der Waals surface area (Å²) in [6, 6.07) is 6.78. The summed E-state index contributed by atoms with van der Waals surface area (Å²) in [5.74, 6) is -0.664. The average molecular weight is 301 g/mol. The maximum Gasteiger partial charge on any atom is 0.387 e. The molecule has 0 spiro atoms. The molecule has 118 valence electrons. The zero-order valence-corrected chi connectivity index (χ0v) is 12.3. The Hall–Kier alpha value is -1.69. The Labute approximate surface area is 123 Å². The average Bonchev–Trinajstić information content (AvgIpc) is 2.38. The predicted octanol–water partition coefficient (Wildman–Crippen LogP) is 3.36. The molecule has 1 rings (SSSR count). The highest BCUT2D eigenvalue weighted by atomic mass is 19.3. The van der Waals surface area contributed by atoms with Crippen LogP contribution in [0.2, 0.25) is 0 Å². The van der Waals surface area contributed by atoms with E-state index in [-0.39, 0.29) is 18.2 Å². The van der Waals surface area contributed by atoms with Crippen LogP contribution in [-0.4, -0.2) is 35.2 Å². The van der Waals surface area contributed by atoms with Crippen LogP contribution in [0.4, 0.5) is 8.78 Å². The van der Waals surface area contributed by atoms with Crippen molar-refractivity contribution in [1.29, 1.82) is 0 Å². The van der Waals surface area contributed by atoms with E-state index >= 15 is 0 Å². The van der Waals surface area contributed by atoms with Crippen molar-refractivity contribution >= 4 is 5.97 Å². The maximum absolute atomic E-state index is 12.1. The molecule has 1 aromatic rings. The monoisotopic (exact) mass is 301 g/mol. The van der Waals surface area contributed by atoms with E-state index in [1.807, 2.05) is 13.8 Å². The molecule has 21 heavy (non-hydrogen) atoms. The molecule has 0 atom stereocenters. The number of nitrogens with zero attached hydrogens (tertiary/aromatic N) is 1. The molecule has 0 aliphatic heterocycles. The highest BCUT2D eigenvalue weighted by Crippen LogP contribution is 2.17. The first-order valence-electron chi connectivity index (χ1n) is 6.88.